The second-order valence-electron chi connectivity index (χ2n) is 4.10. The maximum absolute atomic E-state index is 5.54. The molecule has 1 aromatic heterocycles. The molecule has 1 aromatic carbocycles. The van der Waals surface area contributed by atoms with Crippen molar-refractivity contribution in [1.29, 1.82) is 0 Å². The van der Waals surface area contributed by atoms with Gasteiger partial charge in [-0.3, -0.25) is 9.98 Å². The first-order valence-electron chi connectivity index (χ1n) is 5.61. The molecule has 0 fully saturated rings. The summed E-state index contributed by atoms with van der Waals surface area (Å²) in [5, 5.41) is 1.08. The predicted molar refractivity (Wildman–Crippen MR) is 70.7 cm³/mol. The maximum Gasteiger partial charge on any atom is 0.144 e. The number of aromatic nitrogens is 1. The highest BCUT2D eigenvalue weighted by Crippen LogP contribution is 2.16. The number of benzene rings is 1. The number of pyridine rings is 1. The Morgan fingerprint density at radius 3 is 2.76 bits per heavy atom. The van der Waals surface area contributed by atoms with Crippen molar-refractivity contribution in [3.05, 3.63) is 42.1 Å². The predicted octanol–water partition coefficient (Wildman–Crippen LogP) is 1.85. The van der Waals surface area contributed by atoms with Gasteiger partial charge >= 0.3 is 0 Å². The third kappa shape index (κ3) is 2.42. The largest absolute Gasteiger partial charge is 0.308 e. The summed E-state index contributed by atoms with van der Waals surface area (Å²) in [6.07, 6.45) is 1.77. The van der Waals surface area contributed by atoms with Gasteiger partial charge in [-0.1, -0.05) is 18.2 Å². The molecule has 0 aliphatic rings. The molecule has 17 heavy (non-hydrogen) atoms. The first-order valence-corrected chi connectivity index (χ1v) is 5.61. The summed E-state index contributed by atoms with van der Waals surface area (Å²) in [6.45, 7) is 4.02. The molecule has 0 saturated carbocycles. The van der Waals surface area contributed by atoms with Crippen molar-refractivity contribution in [3.8, 4) is 0 Å². The summed E-state index contributed by atoms with van der Waals surface area (Å²) in [5.41, 5.74) is 4.49. The van der Waals surface area contributed by atoms with E-state index in [1.807, 2.05) is 44.2 Å². The van der Waals surface area contributed by atoms with Gasteiger partial charge in [0.2, 0.25) is 0 Å². The van der Waals surface area contributed by atoms with Gasteiger partial charge in [-0.2, -0.15) is 0 Å². The number of nitrogens with one attached hydrogen (secondary N) is 1. The van der Waals surface area contributed by atoms with Crippen molar-refractivity contribution in [2.75, 3.05) is 0 Å². The number of rotatable bonds is 2. The van der Waals surface area contributed by atoms with E-state index in [-0.39, 0.29) is 6.04 Å². The van der Waals surface area contributed by atoms with Crippen LogP contribution in [0.1, 0.15) is 19.4 Å². The first kappa shape index (κ1) is 11.5. The van der Waals surface area contributed by atoms with Crippen molar-refractivity contribution in [3.63, 3.8) is 0 Å². The standard InChI is InChI=1S/C13H16N4/c1-9(2)16-13(17-14)11-7-3-5-10-6-4-8-15-12(10)11/h3-9H,14H2,1-2H3,(H,16,17). The number of para-hydroxylation sites is 1. The van der Waals surface area contributed by atoms with E-state index in [1.54, 1.807) is 6.20 Å². The zero-order valence-electron chi connectivity index (χ0n) is 10.0. The summed E-state index contributed by atoms with van der Waals surface area (Å²) in [5.74, 6) is 6.21. The molecule has 3 N–H and O–H groups in total. The molecule has 4 heteroatoms. The lowest BCUT2D eigenvalue weighted by Crippen LogP contribution is -2.32. The maximum atomic E-state index is 5.54. The zero-order chi connectivity index (χ0) is 12.3. The Kier molecular flexibility index (Phi) is 3.35. The Morgan fingerprint density at radius 2 is 2.06 bits per heavy atom. The second kappa shape index (κ2) is 4.93. The van der Waals surface area contributed by atoms with E-state index in [4.69, 9.17) is 5.84 Å². The molecule has 88 valence electrons. The van der Waals surface area contributed by atoms with E-state index in [0.717, 1.165) is 16.5 Å². The number of aliphatic imine (C=N–C) groups is 1. The number of amidine groups is 1. The van der Waals surface area contributed by atoms with E-state index in [0.29, 0.717) is 5.84 Å². The fourth-order valence-electron chi connectivity index (χ4n) is 1.74. The van der Waals surface area contributed by atoms with Crippen LogP contribution in [0, 0.1) is 0 Å². The number of hydrogen-bond donors (Lipinski definition) is 2. The number of nitrogens with two attached hydrogens (primary N) is 1. The Bertz CT molecular complexity index is 541. The van der Waals surface area contributed by atoms with Crippen LogP contribution in [0.5, 0.6) is 0 Å². The molecule has 0 radical (unpaired) electrons. The van der Waals surface area contributed by atoms with Crippen LogP contribution in [0.2, 0.25) is 0 Å². The van der Waals surface area contributed by atoms with Gasteiger partial charge in [-0.05, 0) is 26.0 Å². The molecule has 0 unspecified atom stereocenters. The van der Waals surface area contributed by atoms with E-state index in [9.17, 15) is 0 Å². The van der Waals surface area contributed by atoms with Crippen LogP contribution >= 0.6 is 0 Å². The van der Waals surface area contributed by atoms with Crippen LogP contribution in [0.25, 0.3) is 10.9 Å². The Balaban J connectivity index is 2.61. The smallest absolute Gasteiger partial charge is 0.144 e. The van der Waals surface area contributed by atoms with Crippen molar-refractivity contribution < 1.29 is 0 Å². The average molecular weight is 228 g/mol. The Labute approximate surface area is 101 Å². The fourth-order valence-corrected chi connectivity index (χ4v) is 1.74. The van der Waals surface area contributed by atoms with E-state index >= 15 is 0 Å². The number of hydrazine groups is 1. The Morgan fingerprint density at radius 1 is 1.29 bits per heavy atom. The fraction of sp³-hybridized carbons (Fsp3) is 0.231. The molecule has 0 amide bonds. The van der Waals surface area contributed by atoms with Gasteiger partial charge < -0.3 is 5.43 Å². The molecule has 4 nitrogen and oxygen atoms in total. The lowest BCUT2D eigenvalue weighted by atomic mass is 10.1. The number of hydrogen-bond acceptors (Lipinski definition) is 3. The molecular weight excluding hydrogens is 212 g/mol. The Hall–Kier alpha value is -1.94. The van der Waals surface area contributed by atoms with Crippen molar-refractivity contribution in [2.24, 2.45) is 10.8 Å². The highest BCUT2D eigenvalue weighted by atomic mass is 15.3. The first-order chi connectivity index (χ1) is 8.22. The van der Waals surface area contributed by atoms with Crippen LogP contribution in [-0.2, 0) is 0 Å². The minimum atomic E-state index is 0.181. The van der Waals surface area contributed by atoms with Crippen LogP contribution in [0.4, 0.5) is 0 Å². The third-order valence-electron chi connectivity index (χ3n) is 2.41. The highest BCUT2D eigenvalue weighted by molar-refractivity contribution is 6.08. The molecule has 2 rings (SSSR count). The topological polar surface area (TPSA) is 63.3 Å². The quantitative estimate of drug-likeness (QED) is 0.357. The molecule has 0 saturated heterocycles. The summed E-state index contributed by atoms with van der Waals surface area (Å²) < 4.78 is 0. The summed E-state index contributed by atoms with van der Waals surface area (Å²) in [6, 6.07) is 10.1. The average Bonchev–Trinajstić information content (AvgIpc) is 2.35. The molecule has 0 spiro atoms. The normalized spacial score (nSPS) is 12.1. The molecule has 1 heterocycles. The summed E-state index contributed by atoms with van der Waals surface area (Å²) in [7, 11) is 0. The van der Waals surface area contributed by atoms with Crippen LogP contribution in [-0.4, -0.2) is 16.9 Å². The van der Waals surface area contributed by atoms with Crippen LogP contribution < -0.4 is 11.3 Å². The zero-order valence-corrected chi connectivity index (χ0v) is 10.0. The molecule has 0 aliphatic heterocycles. The number of fused-ring (bicyclic) bond motifs is 1. The molecule has 0 aliphatic carbocycles. The molecule has 2 aromatic rings. The number of nitrogens with zero attached hydrogens (tertiary/aromatic N) is 2. The minimum absolute atomic E-state index is 0.181. The molecular formula is C13H16N4. The van der Waals surface area contributed by atoms with Crippen LogP contribution in [0.3, 0.4) is 0 Å². The SMILES string of the molecule is CC(C)N=C(NN)c1cccc2cccnc12. The lowest BCUT2D eigenvalue weighted by Gasteiger charge is -2.09. The summed E-state index contributed by atoms with van der Waals surface area (Å²) >= 11 is 0. The lowest BCUT2D eigenvalue weighted by molar-refractivity contribution is 0.821. The van der Waals surface area contributed by atoms with Gasteiger partial charge in [0.1, 0.15) is 5.84 Å². The second-order valence-corrected chi connectivity index (χ2v) is 4.10. The van der Waals surface area contributed by atoms with Crippen molar-refractivity contribution in [1.82, 2.24) is 10.4 Å². The highest BCUT2D eigenvalue weighted by Gasteiger charge is 2.08. The minimum Gasteiger partial charge on any atom is -0.308 e. The van der Waals surface area contributed by atoms with Gasteiger partial charge in [-0.15, -0.1) is 0 Å². The van der Waals surface area contributed by atoms with Gasteiger partial charge in [0.25, 0.3) is 0 Å². The van der Waals surface area contributed by atoms with Gasteiger partial charge in [0, 0.05) is 23.2 Å². The van der Waals surface area contributed by atoms with Crippen LogP contribution in [0.15, 0.2) is 41.5 Å². The van der Waals surface area contributed by atoms with E-state index in [1.165, 1.54) is 0 Å². The van der Waals surface area contributed by atoms with E-state index < -0.39 is 0 Å². The van der Waals surface area contributed by atoms with Crippen molar-refractivity contribution in [2.45, 2.75) is 19.9 Å². The summed E-state index contributed by atoms with van der Waals surface area (Å²) in [4.78, 5) is 8.84. The van der Waals surface area contributed by atoms with E-state index in [2.05, 4.69) is 15.4 Å². The van der Waals surface area contributed by atoms with Gasteiger partial charge in [-0.25, -0.2) is 5.84 Å². The third-order valence-corrected chi connectivity index (χ3v) is 2.41. The van der Waals surface area contributed by atoms with Crippen molar-refractivity contribution >= 4 is 16.7 Å². The molecule has 0 atom stereocenters. The monoisotopic (exact) mass is 228 g/mol. The molecule has 0 bridgehead atoms. The van der Waals surface area contributed by atoms with Gasteiger partial charge in [0.05, 0.1) is 5.52 Å². The van der Waals surface area contributed by atoms with Gasteiger partial charge in [0.15, 0.2) is 0 Å².